The van der Waals surface area contributed by atoms with Gasteiger partial charge in [0.25, 0.3) is 0 Å². The molecule has 0 heterocycles. The van der Waals surface area contributed by atoms with Gasteiger partial charge in [0.05, 0.1) is 6.61 Å². The predicted octanol–water partition coefficient (Wildman–Crippen LogP) is 2.44. The highest BCUT2D eigenvalue weighted by atomic mass is 16.5. The minimum absolute atomic E-state index is 0.459. The molecule has 1 atom stereocenters. The average Bonchev–Trinajstić information content (AvgIpc) is 2.42. The quantitative estimate of drug-likeness (QED) is 0.680. The van der Waals surface area contributed by atoms with Crippen LogP contribution in [0.2, 0.25) is 0 Å². The van der Waals surface area contributed by atoms with Crippen molar-refractivity contribution < 1.29 is 19.4 Å². The van der Waals surface area contributed by atoms with E-state index < -0.39 is 12.1 Å². The molecule has 0 radical (unpaired) electrons. The fraction of sp³-hybridized carbons (Fsp3) is 0.533. The van der Waals surface area contributed by atoms with E-state index in [1.807, 2.05) is 19.1 Å². The normalized spacial score (nSPS) is 11.9. The summed E-state index contributed by atoms with van der Waals surface area (Å²) < 4.78 is 10.9. The molecule has 112 valence electrons. The average molecular weight is 281 g/mol. The summed E-state index contributed by atoms with van der Waals surface area (Å²) in [5.74, 6) is 0.0403. The smallest absolute Gasteiger partial charge is 0.344 e. The molecule has 0 amide bonds. The monoisotopic (exact) mass is 281 g/mol. The molecule has 0 aliphatic rings. The van der Waals surface area contributed by atoms with E-state index in [1.165, 1.54) is 6.92 Å². The third-order valence-electron chi connectivity index (χ3n) is 2.72. The van der Waals surface area contributed by atoms with Crippen LogP contribution in [0.25, 0.3) is 0 Å². The number of benzene rings is 1. The molecule has 1 aromatic rings. The van der Waals surface area contributed by atoms with E-state index >= 15 is 0 Å². The fourth-order valence-corrected chi connectivity index (χ4v) is 1.68. The van der Waals surface area contributed by atoms with Crippen LogP contribution in [-0.4, -0.2) is 30.3 Å². The summed E-state index contributed by atoms with van der Waals surface area (Å²) in [6.07, 6.45) is 0.175. The molecule has 0 fully saturated rings. The molecule has 20 heavy (non-hydrogen) atoms. The minimum Gasteiger partial charge on any atom is -0.490 e. The number of carboxylic acid groups (broad SMARTS) is 1. The molecular formula is C15H23NO4. The molecule has 5 heteroatoms. The van der Waals surface area contributed by atoms with Crippen molar-refractivity contribution in [2.45, 2.75) is 39.8 Å². The molecule has 1 unspecified atom stereocenters. The maximum absolute atomic E-state index is 10.8. The summed E-state index contributed by atoms with van der Waals surface area (Å²) in [4.78, 5) is 10.8. The molecule has 0 saturated carbocycles. The Bertz CT molecular complexity index is 434. The Morgan fingerprint density at radius 1 is 1.35 bits per heavy atom. The lowest BCUT2D eigenvalue weighted by Crippen LogP contribution is -2.23. The van der Waals surface area contributed by atoms with E-state index in [2.05, 4.69) is 12.2 Å². The van der Waals surface area contributed by atoms with Gasteiger partial charge in [-0.15, -0.1) is 0 Å². The van der Waals surface area contributed by atoms with Gasteiger partial charge >= 0.3 is 5.97 Å². The molecule has 0 spiro atoms. The highest BCUT2D eigenvalue weighted by molar-refractivity contribution is 5.72. The summed E-state index contributed by atoms with van der Waals surface area (Å²) in [7, 11) is 0. The standard InChI is InChI=1S/C15H23NO4/c1-4-8-16-10-12-6-7-13(14(9-12)19-5-2)20-11(3)15(17)18/h6-7,9,11,16H,4-5,8,10H2,1-3H3,(H,17,18). The number of hydrogen-bond acceptors (Lipinski definition) is 4. The number of aliphatic carboxylic acids is 1. The van der Waals surface area contributed by atoms with Gasteiger partial charge in [-0.3, -0.25) is 0 Å². The zero-order chi connectivity index (χ0) is 15.0. The van der Waals surface area contributed by atoms with Crippen molar-refractivity contribution in [2.75, 3.05) is 13.2 Å². The summed E-state index contributed by atoms with van der Waals surface area (Å²) in [5, 5.41) is 12.2. The minimum atomic E-state index is -0.999. The van der Waals surface area contributed by atoms with Gasteiger partial charge in [-0.25, -0.2) is 4.79 Å². The highest BCUT2D eigenvalue weighted by Gasteiger charge is 2.15. The number of rotatable bonds is 9. The largest absolute Gasteiger partial charge is 0.490 e. The molecule has 5 nitrogen and oxygen atoms in total. The van der Waals surface area contributed by atoms with Crippen molar-refractivity contribution in [3.05, 3.63) is 23.8 Å². The summed E-state index contributed by atoms with van der Waals surface area (Å²) in [6.45, 7) is 7.70. The first-order chi connectivity index (χ1) is 9.58. The lowest BCUT2D eigenvalue weighted by molar-refractivity contribution is -0.144. The Labute approximate surface area is 119 Å². The Balaban J connectivity index is 2.81. The molecule has 1 rings (SSSR count). The maximum atomic E-state index is 10.8. The van der Waals surface area contributed by atoms with Gasteiger partial charge < -0.3 is 19.9 Å². The van der Waals surface area contributed by atoms with E-state index in [9.17, 15) is 4.79 Å². The molecule has 2 N–H and O–H groups in total. The van der Waals surface area contributed by atoms with Crippen LogP contribution in [0.3, 0.4) is 0 Å². The third kappa shape index (κ3) is 5.09. The van der Waals surface area contributed by atoms with E-state index in [1.54, 1.807) is 6.07 Å². The van der Waals surface area contributed by atoms with E-state index in [-0.39, 0.29) is 0 Å². The topological polar surface area (TPSA) is 67.8 Å². The number of carboxylic acids is 1. The van der Waals surface area contributed by atoms with Crippen molar-refractivity contribution in [2.24, 2.45) is 0 Å². The SMILES string of the molecule is CCCNCc1ccc(OC(C)C(=O)O)c(OCC)c1. The van der Waals surface area contributed by atoms with Crippen LogP contribution in [0, 0.1) is 0 Å². The summed E-state index contributed by atoms with van der Waals surface area (Å²) in [5.41, 5.74) is 1.08. The second-order valence-corrected chi connectivity index (χ2v) is 4.49. The van der Waals surface area contributed by atoms with Gasteiger partial charge in [-0.2, -0.15) is 0 Å². The van der Waals surface area contributed by atoms with Gasteiger partial charge in [-0.1, -0.05) is 13.0 Å². The lowest BCUT2D eigenvalue weighted by atomic mass is 10.2. The number of nitrogens with one attached hydrogen (secondary N) is 1. The Morgan fingerprint density at radius 2 is 2.10 bits per heavy atom. The molecule has 0 bridgehead atoms. The summed E-state index contributed by atoms with van der Waals surface area (Å²) >= 11 is 0. The van der Waals surface area contributed by atoms with Crippen LogP contribution in [0.1, 0.15) is 32.8 Å². The Hall–Kier alpha value is -1.75. The zero-order valence-corrected chi connectivity index (χ0v) is 12.3. The molecule has 1 aromatic carbocycles. The number of carbonyl (C=O) groups is 1. The van der Waals surface area contributed by atoms with Crippen LogP contribution in [0.5, 0.6) is 11.5 Å². The molecule has 0 aliphatic heterocycles. The van der Waals surface area contributed by atoms with Crippen molar-refractivity contribution in [3.8, 4) is 11.5 Å². The molecule has 0 saturated heterocycles. The predicted molar refractivity (Wildman–Crippen MR) is 77.3 cm³/mol. The molecule has 0 aromatic heterocycles. The van der Waals surface area contributed by atoms with E-state index in [0.29, 0.717) is 18.1 Å². The van der Waals surface area contributed by atoms with E-state index in [0.717, 1.165) is 25.1 Å². The van der Waals surface area contributed by atoms with Crippen molar-refractivity contribution in [1.82, 2.24) is 5.32 Å². The van der Waals surface area contributed by atoms with Crippen LogP contribution in [0.4, 0.5) is 0 Å². The van der Waals surface area contributed by atoms with Gasteiger partial charge in [0, 0.05) is 6.54 Å². The molecular weight excluding hydrogens is 258 g/mol. The van der Waals surface area contributed by atoms with Gasteiger partial charge in [0.2, 0.25) is 0 Å². The zero-order valence-electron chi connectivity index (χ0n) is 12.3. The van der Waals surface area contributed by atoms with Crippen LogP contribution in [-0.2, 0) is 11.3 Å². The maximum Gasteiger partial charge on any atom is 0.344 e. The highest BCUT2D eigenvalue weighted by Crippen LogP contribution is 2.29. The Morgan fingerprint density at radius 3 is 2.70 bits per heavy atom. The fourth-order valence-electron chi connectivity index (χ4n) is 1.68. The van der Waals surface area contributed by atoms with Gasteiger partial charge in [-0.05, 0) is 44.5 Å². The summed E-state index contributed by atoms with van der Waals surface area (Å²) in [6, 6.07) is 5.55. The van der Waals surface area contributed by atoms with Gasteiger partial charge in [0.1, 0.15) is 0 Å². The van der Waals surface area contributed by atoms with E-state index in [4.69, 9.17) is 14.6 Å². The van der Waals surface area contributed by atoms with Crippen LogP contribution in [0.15, 0.2) is 18.2 Å². The van der Waals surface area contributed by atoms with Crippen molar-refractivity contribution >= 4 is 5.97 Å². The third-order valence-corrected chi connectivity index (χ3v) is 2.72. The van der Waals surface area contributed by atoms with Crippen molar-refractivity contribution in [3.63, 3.8) is 0 Å². The van der Waals surface area contributed by atoms with Crippen LogP contribution < -0.4 is 14.8 Å². The second-order valence-electron chi connectivity index (χ2n) is 4.49. The van der Waals surface area contributed by atoms with Crippen molar-refractivity contribution in [1.29, 1.82) is 0 Å². The first-order valence-corrected chi connectivity index (χ1v) is 6.94. The second kappa shape index (κ2) is 8.43. The molecule has 0 aliphatic carbocycles. The van der Waals surface area contributed by atoms with Gasteiger partial charge in [0.15, 0.2) is 17.6 Å². The first kappa shape index (κ1) is 16.3. The van der Waals surface area contributed by atoms with Crippen LogP contribution >= 0.6 is 0 Å². The first-order valence-electron chi connectivity index (χ1n) is 6.94. The number of hydrogen-bond donors (Lipinski definition) is 2. The Kier molecular flexibility index (Phi) is 6.87. The number of ether oxygens (including phenoxy) is 2. The lowest BCUT2D eigenvalue weighted by Gasteiger charge is -2.15.